The number of carbonyl (C=O) groups is 1. The number of esters is 1. The van der Waals surface area contributed by atoms with Gasteiger partial charge in [-0.1, -0.05) is 32.4 Å². The second kappa shape index (κ2) is 7.88. The molecular formula is C15H23NO2. The third-order valence-electron chi connectivity index (χ3n) is 2.90. The Morgan fingerprint density at radius 3 is 2.56 bits per heavy atom. The standard InChI is InChI=1S/C15H23NO2/c1-3-4-12(2)11-18-15(17)14-7-5-13(6-8-14)9-10-16/h5-8,12H,3-4,9-11,16H2,1-2H3. The molecule has 0 amide bonds. The van der Waals surface area contributed by atoms with Gasteiger partial charge in [0.05, 0.1) is 12.2 Å². The molecular weight excluding hydrogens is 226 g/mol. The van der Waals surface area contributed by atoms with Crippen LogP contribution in [0.5, 0.6) is 0 Å². The third-order valence-corrected chi connectivity index (χ3v) is 2.90. The Morgan fingerprint density at radius 1 is 1.33 bits per heavy atom. The average molecular weight is 249 g/mol. The Hall–Kier alpha value is -1.35. The number of benzene rings is 1. The fourth-order valence-electron chi connectivity index (χ4n) is 1.85. The van der Waals surface area contributed by atoms with E-state index in [1.54, 1.807) is 12.1 Å². The van der Waals surface area contributed by atoms with E-state index in [0.29, 0.717) is 24.6 Å². The molecule has 1 unspecified atom stereocenters. The Kier molecular flexibility index (Phi) is 6.44. The lowest BCUT2D eigenvalue weighted by molar-refractivity contribution is 0.0443. The summed E-state index contributed by atoms with van der Waals surface area (Å²) in [6.07, 6.45) is 3.04. The molecule has 100 valence electrons. The number of rotatable bonds is 7. The predicted molar refractivity (Wildman–Crippen MR) is 73.6 cm³/mol. The number of ether oxygens (including phenoxy) is 1. The van der Waals surface area contributed by atoms with Crippen molar-refractivity contribution in [3.63, 3.8) is 0 Å². The van der Waals surface area contributed by atoms with Crippen LogP contribution in [0.4, 0.5) is 0 Å². The first-order valence-electron chi connectivity index (χ1n) is 6.63. The molecule has 0 saturated carbocycles. The van der Waals surface area contributed by atoms with Crippen LogP contribution in [0.2, 0.25) is 0 Å². The molecule has 0 fully saturated rings. The van der Waals surface area contributed by atoms with E-state index in [1.165, 1.54) is 0 Å². The first-order valence-corrected chi connectivity index (χ1v) is 6.63. The average Bonchev–Trinajstić information content (AvgIpc) is 2.37. The Morgan fingerprint density at radius 2 is 2.00 bits per heavy atom. The van der Waals surface area contributed by atoms with Gasteiger partial charge in [0, 0.05) is 0 Å². The molecule has 0 aliphatic carbocycles. The van der Waals surface area contributed by atoms with Crippen LogP contribution in [-0.4, -0.2) is 19.1 Å². The van der Waals surface area contributed by atoms with Crippen molar-refractivity contribution < 1.29 is 9.53 Å². The van der Waals surface area contributed by atoms with Gasteiger partial charge < -0.3 is 10.5 Å². The summed E-state index contributed by atoms with van der Waals surface area (Å²) in [5.74, 6) is 0.188. The summed E-state index contributed by atoms with van der Waals surface area (Å²) in [5, 5.41) is 0. The molecule has 1 atom stereocenters. The maximum absolute atomic E-state index is 11.8. The molecule has 0 aliphatic heterocycles. The van der Waals surface area contributed by atoms with Crippen molar-refractivity contribution in [1.29, 1.82) is 0 Å². The second-order valence-electron chi connectivity index (χ2n) is 4.73. The number of hydrogen-bond donors (Lipinski definition) is 1. The van der Waals surface area contributed by atoms with Gasteiger partial charge in [0.15, 0.2) is 0 Å². The largest absolute Gasteiger partial charge is 0.462 e. The minimum atomic E-state index is -0.239. The second-order valence-corrected chi connectivity index (χ2v) is 4.73. The molecule has 0 radical (unpaired) electrons. The van der Waals surface area contributed by atoms with E-state index in [1.807, 2.05) is 12.1 Å². The van der Waals surface area contributed by atoms with Crippen molar-refractivity contribution in [1.82, 2.24) is 0 Å². The molecule has 3 heteroatoms. The first-order chi connectivity index (χ1) is 8.67. The van der Waals surface area contributed by atoms with Crippen molar-refractivity contribution in [2.75, 3.05) is 13.2 Å². The van der Waals surface area contributed by atoms with E-state index in [9.17, 15) is 4.79 Å². The van der Waals surface area contributed by atoms with Crippen molar-refractivity contribution >= 4 is 5.97 Å². The first kappa shape index (κ1) is 14.7. The molecule has 0 bridgehead atoms. The topological polar surface area (TPSA) is 52.3 Å². The summed E-state index contributed by atoms with van der Waals surface area (Å²) >= 11 is 0. The van der Waals surface area contributed by atoms with Gasteiger partial charge in [-0.15, -0.1) is 0 Å². The zero-order valence-electron chi connectivity index (χ0n) is 11.3. The molecule has 0 saturated heterocycles. The quantitative estimate of drug-likeness (QED) is 0.756. The van der Waals surface area contributed by atoms with E-state index in [-0.39, 0.29) is 5.97 Å². The maximum atomic E-state index is 11.8. The van der Waals surface area contributed by atoms with E-state index in [2.05, 4.69) is 13.8 Å². The van der Waals surface area contributed by atoms with Crippen LogP contribution < -0.4 is 5.73 Å². The summed E-state index contributed by atoms with van der Waals surface area (Å²) in [6, 6.07) is 7.47. The fourth-order valence-corrected chi connectivity index (χ4v) is 1.85. The normalized spacial score (nSPS) is 12.2. The van der Waals surface area contributed by atoms with E-state index >= 15 is 0 Å². The Labute approximate surface area is 109 Å². The van der Waals surface area contributed by atoms with E-state index in [4.69, 9.17) is 10.5 Å². The van der Waals surface area contributed by atoms with E-state index in [0.717, 1.165) is 24.8 Å². The SMILES string of the molecule is CCCC(C)COC(=O)c1ccc(CCN)cc1. The van der Waals surface area contributed by atoms with Gasteiger partial charge in [-0.05, 0) is 43.0 Å². The number of carbonyl (C=O) groups excluding carboxylic acids is 1. The fraction of sp³-hybridized carbons (Fsp3) is 0.533. The van der Waals surface area contributed by atoms with Crippen LogP contribution in [0.3, 0.4) is 0 Å². The summed E-state index contributed by atoms with van der Waals surface area (Å²) in [6.45, 7) is 5.35. The van der Waals surface area contributed by atoms with Crippen molar-refractivity contribution in [3.8, 4) is 0 Å². The number of nitrogens with two attached hydrogens (primary N) is 1. The Bertz CT molecular complexity index is 359. The zero-order valence-corrected chi connectivity index (χ0v) is 11.3. The molecule has 0 heterocycles. The summed E-state index contributed by atoms with van der Waals surface area (Å²) in [5.41, 5.74) is 7.23. The summed E-state index contributed by atoms with van der Waals surface area (Å²) in [4.78, 5) is 11.8. The monoisotopic (exact) mass is 249 g/mol. The third kappa shape index (κ3) is 4.88. The summed E-state index contributed by atoms with van der Waals surface area (Å²) < 4.78 is 5.28. The molecule has 3 nitrogen and oxygen atoms in total. The van der Waals surface area contributed by atoms with Crippen molar-refractivity contribution in [2.45, 2.75) is 33.1 Å². The van der Waals surface area contributed by atoms with Crippen LogP contribution >= 0.6 is 0 Å². The summed E-state index contributed by atoms with van der Waals surface area (Å²) in [7, 11) is 0. The lowest BCUT2D eigenvalue weighted by atomic mass is 10.1. The van der Waals surface area contributed by atoms with Gasteiger partial charge in [-0.3, -0.25) is 0 Å². The van der Waals surface area contributed by atoms with Crippen LogP contribution in [-0.2, 0) is 11.2 Å². The van der Waals surface area contributed by atoms with Gasteiger partial charge in [0.25, 0.3) is 0 Å². The molecule has 1 aromatic carbocycles. The molecule has 0 aliphatic rings. The highest BCUT2D eigenvalue weighted by Crippen LogP contribution is 2.09. The molecule has 1 aromatic rings. The molecule has 0 aromatic heterocycles. The molecule has 0 spiro atoms. The highest BCUT2D eigenvalue weighted by Gasteiger charge is 2.09. The maximum Gasteiger partial charge on any atom is 0.338 e. The van der Waals surface area contributed by atoms with Crippen LogP contribution in [0.1, 0.15) is 42.6 Å². The van der Waals surface area contributed by atoms with Gasteiger partial charge in [-0.2, -0.15) is 0 Å². The van der Waals surface area contributed by atoms with Gasteiger partial charge in [0.1, 0.15) is 0 Å². The lowest BCUT2D eigenvalue weighted by Gasteiger charge is -2.11. The highest BCUT2D eigenvalue weighted by molar-refractivity contribution is 5.89. The molecule has 1 rings (SSSR count). The zero-order chi connectivity index (χ0) is 13.4. The Balaban J connectivity index is 2.46. The minimum Gasteiger partial charge on any atom is -0.462 e. The van der Waals surface area contributed by atoms with Crippen LogP contribution in [0.15, 0.2) is 24.3 Å². The number of hydrogen-bond acceptors (Lipinski definition) is 3. The van der Waals surface area contributed by atoms with Gasteiger partial charge >= 0.3 is 5.97 Å². The van der Waals surface area contributed by atoms with E-state index < -0.39 is 0 Å². The van der Waals surface area contributed by atoms with Crippen LogP contribution in [0.25, 0.3) is 0 Å². The smallest absolute Gasteiger partial charge is 0.338 e. The predicted octanol–water partition coefficient (Wildman–Crippen LogP) is 2.78. The van der Waals surface area contributed by atoms with Gasteiger partial charge in [-0.25, -0.2) is 4.79 Å². The molecule has 2 N–H and O–H groups in total. The minimum absolute atomic E-state index is 0.239. The highest BCUT2D eigenvalue weighted by atomic mass is 16.5. The van der Waals surface area contributed by atoms with Gasteiger partial charge in [0.2, 0.25) is 0 Å². The van der Waals surface area contributed by atoms with Crippen LogP contribution in [0, 0.1) is 5.92 Å². The lowest BCUT2D eigenvalue weighted by Crippen LogP contribution is -2.12. The molecule has 18 heavy (non-hydrogen) atoms. The van der Waals surface area contributed by atoms with Crippen molar-refractivity contribution in [3.05, 3.63) is 35.4 Å². The van der Waals surface area contributed by atoms with Crippen molar-refractivity contribution in [2.24, 2.45) is 11.7 Å².